The molecule has 24 heavy (non-hydrogen) atoms. The first-order chi connectivity index (χ1) is 11.4. The first kappa shape index (κ1) is 16.7. The molecule has 2 aromatic rings. The smallest absolute Gasteiger partial charge is 0.224 e. The van der Waals surface area contributed by atoms with Crippen LogP contribution < -0.4 is 5.32 Å². The van der Waals surface area contributed by atoms with Gasteiger partial charge in [0.05, 0.1) is 23.5 Å². The van der Waals surface area contributed by atoms with Gasteiger partial charge in [-0.15, -0.1) is 0 Å². The fraction of sp³-hybridized carbons (Fsp3) is 0.316. The van der Waals surface area contributed by atoms with Gasteiger partial charge in [-0.2, -0.15) is 0 Å². The van der Waals surface area contributed by atoms with Crippen LogP contribution in [0.15, 0.2) is 54.6 Å². The molecular formula is C19H21NO3S. The van der Waals surface area contributed by atoms with Crippen molar-refractivity contribution in [1.82, 2.24) is 5.32 Å². The monoisotopic (exact) mass is 343 g/mol. The Morgan fingerprint density at radius 3 is 2.25 bits per heavy atom. The zero-order chi connectivity index (χ0) is 17.2. The van der Waals surface area contributed by atoms with Gasteiger partial charge < -0.3 is 5.32 Å². The summed E-state index contributed by atoms with van der Waals surface area (Å²) in [6.45, 7) is 1.92. The normalized spacial score (nSPS) is 20.5. The molecule has 0 aromatic heterocycles. The summed E-state index contributed by atoms with van der Waals surface area (Å²) < 4.78 is 23.0. The van der Waals surface area contributed by atoms with Crippen LogP contribution in [0.2, 0.25) is 0 Å². The highest BCUT2D eigenvalue weighted by molar-refractivity contribution is 7.91. The Balaban J connectivity index is 1.65. The number of sulfone groups is 1. The summed E-state index contributed by atoms with van der Waals surface area (Å²) in [6, 6.07) is 18.0. The molecular weight excluding hydrogens is 322 g/mol. The largest absolute Gasteiger partial charge is 0.349 e. The Morgan fingerprint density at radius 2 is 1.67 bits per heavy atom. The Bertz CT molecular complexity index is 813. The molecule has 0 spiro atoms. The molecule has 1 aliphatic rings. The molecule has 5 heteroatoms. The summed E-state index contributed by atoms with van der Waals surface area (Å²) in [4.78, 5) is 12.2. The van der Waals surface area contributed by atoms with Crippen LogP contribution in [0.3, 0.4) is 0 Å². The number of hydrogen-bond donors (Lipinski definition) is 1. The molecule has 1 N–H and O–H groups in total. The third-order valence-electron chi connectivity index (χ3n) is 4.48. The van der Waals surface area contributed by atoms with Crippen molar-refractivity contribution in [1.29, 1.82) is 0 Å². The quantitative estimate of drug-likeness (QED) is 0.928. The lowest BCUT2D eigenvalue weighted by molar-refractivity contribution is -0.124. The maximum Gasteiger partial charge on any atom is 0.224 e. The zero-order valence-corrected chi connectivity index (χ0v) is 14.4. The van der Waals surface area contributed by atoms with Crippen molar-refractivity contribution in [2.24, 2.45) is 5.92 Å². The molecule has 1 saturated heterocycles. The molecule has 1 heterocycles. The van der Waals surface area contributed by atoms with E-state index in [1.165, 1.54) is 0 Å². The van der Waals surface area contributed by atoms with Crippen LogP contribution in [0.4, 0.5) is 0 Å². The molecule has 4 nitrogen and oxygen atoms in total. The highest BCUT2D eigenvalue weighted by Crippen LogP contribution is 2.23. The molecule has 2 atom stereocenters. The Morgan fingerprint density at radius 1 is 1.04 bits per heavy atom. The molecule has 1 amide bonds. The maximum atomic E-state index is 12.2. The van der Waals surface area contributed by atoms with Gasteiger partial charge in [0.25, 0.3) is 0 Å². The van der Waals surface area contributed by atoms with Gasteiger partial charge in [0.1, 0.15) is 0 Å². The third kappa shape index (κ3) is 3.85. The van der Waals surface area contributed by atoms with Gasteiger partial charge in [-0.1, -0.05) is 54.6 Å². The molecule has 2 unspecified atom stereocenters. The minimum atomic E-state index is -3.04. The SMILES string of the molecule is CC(NC(=O)C1CCS(=O)(=O)C1)c1ccc(-c2ccccc2)cc1. The van der Waals surface area contributed by atoms with Crippen LogP contribution in [-0.2, 0) is 14.6 Å². The number of amides is 1. The number of nitrogens with one attached hydrogen (secondary N) is 1. The summed E-state index contributed by atoms with van der Waals surface area (Å²) >= 11 is 0. The van der Waals surface area contributed by atoms with Crippen LogP contribution >= 0.6 is 0 Å². The van der Waals surface area contributed by atoms with Crippen LogP contribution in [0.1, 0.15) is 24.9 Å². The van der Waals surface area contributed by atoms with Crippen LogP contribution in [-0.4, -0.2) is 25.8 Å². The molecule has 1 aliphatic heterocycles. The van der Waals surface area contributed by atoms with Gasteiger partial charge in [0.15, 0.2) is 9.84 Å². The van der Waals surface area contributed by atoms with E-state index in [-0.39, 0.29) is 23.5 Å². The average Bonchev–Trinajstić information content (AvgIpc) is 2.96. The van der Waals surface area contributed by atoms with E-state index < -0.39 is 15.8 Å². The van der Waals surface area contributed by atoms with Crippen molar-refractivity contribution >= 4 is 15.7 Å². The van der Waals surface area contributed by atoms with E-state index >= 15 is 0 Å². The van der Waals surface area contributed by atoms with Crippen LogP contribution in [0.5, 0.6) is 0 Å². The first-order valence-corrected chi connectivity index (χ1v) is 9.93. The second-order valence-corrected chi connectivity index (χ2v) is 8.55. The number of hydrogen-bond acceptors (Lipinski definition) is 3. The van der Waals surface area contributed by atoms with Crippen molar-refractivity contribution in [3.8, 4) is 11.1 Å². The van der Waals surface area contributed by atoms with E-state index in [4.69, 9.17) is 0 Å². The number of benzene rings is 2. The summed E-state index contributed by atoms with van der Waals surface area (Å²) in [6.07, 6.45) is 0.424. The average molecular weight is 343 g/mol. The lowest BCUT2D eigenvalue weighted by Crippen LogP contribution is -2.33. The Hall–Kier alpha value is -2.14. The van der Waals surface area contributed by atoms with Crippen molar-refractivity contribution in [3.63, 3.8) is 0 Å². The van der Waals surface area contributed by atoms with E-state index in [1.54, 1.807) is 0 Å². The molecule has 0 saturated carbocycles. The zero-order valence-electron chi connectivity index (χ0n) is 13.6. The van der Waals surface area contributed by atoms with E-state index in [0.717, 1.165) is 16.7 Å². The van der Waals surface area contributed by atoms with Crippen molar-refractivity contribution in [2.45, 2.75) is 19.4 Å². The summed E-state index contributed by atoms with van der Waals surface area (Å²) in [5, 5.41) is 2.93. The van der Waals surface area contributed by atoms with E-state index in [1.807, 2.05) is 49.4 Å². The second-order valence-electron chi connectivity index (χ2n) is 6.32. The standard InChI is InChI=1S/C19H21NO3S/c1-14(20-19(21)18-11-12-24(22,23)13-18)15-7-9-17(10-8-15)16-5-3-2-4-6-16/h2-10,14,18H,11-13H2,1H3,(H,20,21). The molecule has 126 valence electrons. The topological polar surface area (TPSA) is 63.2 Å². The molecule has 3 rings (SSSR count). The third-order valence-corrected chi connectivity index (χ3v) is 6.25. The van der Waals surface area contributed by atoms with E-state index in [0.29, 0.717) is 6.42 Å². The summed E-state index contributed by atoms with van der Waals surface area (Å²) in [5.74, 6) is -0.499. The van der Waals surface area contributed by atoms with Crippen LogP contribution in [0.25, 0.3) is 11.1 Å². The van der Waals surface area contributed by atoms with E-state index in [9.17, 15) is 13.2 Å². The summed E-state index contributed by atoms with van der Waals surface area (Å²) in [5.41, 5.74) is 3.28. The van der Waals surface area contributed by atoms with Gasteiger partial charge >= 0.3 is 0 Å². The highest BCUT2D eigenvalue weighted by Gasteiger charge is 2.33. The van der Waals surface area contributed by atoms with Crippen molar-refractivity contribution in [3.05, 3.63) is 60.2 Å². The number of carbonyl (C=O) groups is 1. The fourth-order valence-corrected chi connectivity index (χ4v) is 4.75. The maximum absolute atomic E-state index is 12.2. The summed E-state index contributed by atoms with van der Waals surface area (Å²) in [7, 11) is -3.04. The molecule has 0 aliphatic carbocycles. The van der Waals surface area contributed by atoms with Gasteiger partial charge in [-0.05, 0) is 30.0 Å². The fourth-order valence-electron chi connectivity index (χ4n) is 3.01. The van der Waals surface area contributed by atoms with Crippen molar-refractivity contribution in [2.75, 3.05) is 11.5 Å². The predicted octanol–water partition coefficient (Wildman–Crippen LogP) is 2.97. The molecule has 1 fully saturated rings. The van der Waals surface area contributed by atoms with Gasteiger partial charge in [0.2, 0.25) is 5.91 Å². The Kier molecular flexibility index (Phi) is 4.71. The molecule has 0 bridgehead atoms. The first-order valence-electron chi connectivity index (χ1n) is 8.11. The minimum absolute atomic E-state index is 0.0293. The molecule has 0 radical (unpaired) electrons. The highest BCUT2D eigenvalue weighted by atomic mass is 32.2. The second kappa shape index (κ2) is 6.77. The number of carbonyl (C=O) groups excluding carboxylic acids is 1. The lowest BCUT2D eigenvalue weighted by Gasteiger charge is -2.17. The predicted molar refractivity (Wildman–Crippen MR) is 95.2 cm³/mol. The van der Waals surface area contributed by atoms with Gasteiger partial charge in [-0.3, -0.25) is 4.79 Å². The Labute approximate surface area is 142 Å². The minimum Gasteiger partial charge on any atom is -0.349 e. The van der Waals surface area contributed by atoms with E-state index in [2.05, 4.69) is 17.4 Å². The van der Waals surface area contributed by atoms with Gasteiger partial charge in [-0.25, -0.2) is 8.42 Å². The van der Waals surface area contributed by atoms with Crippen LogP contribution in [0, 0.1) is 5.92 Å². The number of rotatable bonds is 4. The molecule has 2 aromatic carbocycles. The van der Waals surface area contributed by atoms with Crippen molar-refractivity contribution < 1.29 is 13.2 Å². The lowest BCUT2D eigenvalue weighted by atomic mass is 10.0. The van der Waals surface area contributed by atoms with Gasteiger partial charge in [0, 0.05) is 0 Å².